The number of carboxylic acids is 2. The maximum atomic E-state index is 10.5. The van der Waals surface area contributed by atoms with Crippen LogP contribution < -0.4 is 0 Å². The second-order valence-electron chi connectivity index (χ2n) is 2.39. The lowest BCUT2D eigenvalue weighted by Crippen LogP contribution is -2.47. The van der Waals surface area contributed by atoms with Crippen molar-refractivity contribution in [2.45, 2.75) is 18.3 Å². The first-order valence-corrected chi connectivity index (χ1v) is 3.33. The number of aliphatic carboxylic acids is 2. The fraction of sp³-hybridized carbons (Fsp3) is 0.500. The highest BCUT2D eigenvalue weighted by Crippen LogP contribution is 2.02. The average molecular weight is 208 g/mol. The topological polar surface area (TPSA) is 152 Å². The highest BCUT2D eigenvalue weighted by Gasteiger charge is 2.37. The van der Waals surface area contributed by atoms with E-state index < -0.39 is 36.0 Å². The fourth-order valence-corrected chi connectivity index (χ4v) is 0.600. The lowest BCUT2D eigenvalue weighted by Gasteiger charge is -2.17. The Morgan fingerprint density at radius 1 is 0.857 bits per heavy atom. The summed E-state index contributed by atoms with van der Waals surface area (Å²) in [5.74, 6) is -5.71. The van der Waals surface area contributed by atoms with Gasteiger partial charge in [0.1, 0.15) is 6.10 Å². The molecule has 0 aliphatic rings. The quantitative estimate of drug-likeness (QED) is 0.296. The van der Waals surface area contributed by atoms with Crippen LogP contribution >= 0.6 is 0 Å². The van der Waals surface area contributed by atoms with Gasteiger partial charge in [0.25, 0.3) is 5.78 Å². The summed E-state index contributed by atoms with van der Waals surface area (Å²) in [6.45, 7) is 0. The molecule has 0 radical (unpaired) electrons. The Morgan fingerprint density at radius 3 is 1.57 bits per heavy atom. The molecule has 0 heterocycles. The van der Waals surface area contributed by atoms with E-state index >= 15 is 0 Å². The number of carbonyl (C=O) groups excluding carboxylic acids is 1. The number of carbonyl (C=O) groups is 3. The molecule has 8 nitrogen and oxygen atoms in total. The summed E-state index contributed by atoms with van der Waals surface area (Å²) in [6, 6.07) is 0. The van der Waals surface area contributed by atoms with Crippen molar-refractivity contribution in [2.75, 3.05) is 0 Å². The molecule has 80 valence electrons. The van der Waals surface area contributed by atoms with Gasteiger partial charge in [-0.2, -0.15) is 0 Å². The lowest BCUT2D eigenvalue weighted by atomic mass is 10.0. The molecular weight excluding hydrogens is 200 g/mol. The van der Waals surface area contributed by atoms with Gasteiger partial charge in [0, 0.05) is 0 Å². The minimum absolute atomic E-state index is 1.79. The molecule has 0 saturated heterocycles. The summed E-state index contributed by atoms with van der Waals surface area (Å²) in [4.78, 5) is 30.5. The maximum absolute atomic E-state index is 10.5. The van der Waals surface area contributed by atoms with Gasteiger partial charge in [-0.3, -0.25) is 4.79 Å². The van der Waals surface area contributed by atoms with E-state index in [1.807, 2.05) is 0 Å². The van der Waals surface area contributed by atoms with Gasteiger partial charge in [0.2, 0.25) is 0 Å². The van der Waals surface area contributed by atoms with E-state index in [0.717, 1.165) is 0 Å². The third-order valence-electron chi connectivity index (χ3n) is 1.38. The van der Waals surface area contributed by atoms with Crippen molar-refractivity contribution in [3.63, 3.8) is 0 Å². The highest BCUT2D eigenvalue weighted by molar-refractivity contribution is 6.34. The van der Waals surface area contributed by atoms with Crippen molar-refractivity contribution in [1.82, 2.24) is 0 Å². The van der Waals surface area contributed by atoms with Gasteiger partial charge in [-0.25, -0.2) is 9.59 Å². The van der Waals surface area contributed by atoms with Crippen LogP contribution in [0.5, 0.6) is 0 Å². The lowest BCUT2D eigenvalue weighted by molar-refractivity contribution is -0.166. The maximum Gasteiger partial charge on any atom is 0.375 e. The monoisotopic (exact) mass is 208 g/mol. The zero-order valence-corrected chi connectivity index (χ0v) is 6.69. The minimum Gasteiger partial charge on any atom is -0.479 e. The van der Waals surface area contributed by atoms with Gasteiger partial charge in [0.15, 0.2) is 12.2 Å². The zero-order chi connectivity index (χ0) is 11.5. The molecule has 0 unspecified atom stereocenters. The molecule has 0 fully saturated rings. The van der Waals surface area contributed by atoms with Crippen LogP contribution in [0.3, 0.4) is 0 Å². The minimum atomic E-state index is -2.47. The first-order valence-electron chi connectivity index (χ1n) is 3.33. The standard InChI is InChI=1S/C6H8O8/c7-1(3(9)5(11)12)2(8)4(10)6(13)14/h1-3,7-9H,(H,11,12)(H,13,14)/t1-,2-,3-/m0/s1. The molecule has 0 bridgehead atoms. The number of aliphatic hydroxyl groups is 3. The van der Waals surface area contributed by atoms with E-state index in [0.29, 0.717) is 0 Å². The van der Waals surface area contributed by atoms with E-state index in [-0.39, 0.29) is 0 Å². The second-order valence-corrected chi connectivity index (χ2v) is 2.39. The predicted molar refractivity (Wildman–Crippen MR) is 38.3 cm³/mol. The molecule has 0 saturated carbocycles. The van der Waals surface area contributed by atoms with Crippen molar-refractivity contribution < 1.29 is 39.9 Å². The number of Topliss-reactive ketones (excluding diaryl/α,β-unsaturated/α-hetero) is 1. The normalized spacial score (nSPS) is 16.8. The smallest absolute Gasteiger partial charge is 0.375 e. The largest absolute Gasteiger partial charge is 0.479 e. The molecule has 0 aliphatic carbocycles. The Labute approximate surface area is 77.0 Å². The molecule has 8 heteroatoms. The van der Waals surface area contributed by atoms with Gasteiger partial charge >= 0.3 is 11.9 Å². The molecule has 0 aromatic carbocycles. The van der Waals surface area contributed by atoms with Crippen LogP contribution in [0.15, 0.2) is 0 Å². The Kier molecular flexibility index (Phi) is 4.15. The second kappa shape index (κ2) is 4.65. The molecule has 5 N–H and O–H groups in total. The van der Waals surface area contributed by atoms with E-state index in [1.165, 1.54) is 0 Å². The third kappa shape index (κ3) is 2.76. The molecular formula is C6H8O8. The molecule has 0 amide bonds. The van der Waals surface area contributed by atoms with E-state index in [9.17, 15) is 14.4 Å². The van der Waals surface area contributed by atoms with Crippen LogP contribution in [0.4, 0.5) is 0 Å². The fourth-order valence-electron chi connectivity index (χ4n) is 0.600. The van der Waals surface area contributed by atoms with E-state index in [2.05, 4.69) is 0 Å². The number of rotatable bonds is 5. The number of carboxylic acid groups (broad SMARTS) is 2. The Hall–Kier alpha value is -1.51. The summed E-state index contributed by atoms with van der Waals surface area (Å²) in [7, 11) is 0. The SMILES string of the molecule is O=C(O)C(=O)[C@@H](O)[C@H](O)[C@H](O)C(=O)O. The van der Waals surface area contributed by atoms with Gasteiger partial charge in [-0.1, -0.05) is 0 Å². The van der Waals surface area contributed by atoms with Crippen LogP contribution in [0.2, 0.25) is 0 Å². The highest BCUT2D eigenvalue weighted by atomic mass is 16.4. The molecule has 0 rings (SSSR count). The summed E-state index contributed by atoms with van der Waals surface area (Å²) < 4.78 is 0. The Bertz CT molecular complexity index is 259. The van der Waals surface area contributed by atoms with Crippen LogP contribution in [0, 0.1) is 0 Å². The van der Waals surface area contributed by atoms with Crippen molar-refractivity contribution >= 4 is 17.7 Å². The van der Waals surface area contributed by atoms with Crippen LogP contribution in [0.1, 0.15) is 0 Å². The molecule has 14 heavy (non-hydrogen) atoms. The van der Waals surface area contributed by atoms with Crippen molar-refractivity contribution in [3.8, 4) is 0 Å². The predicted octanol–water partition coefficient (Wildman–Crippen LogP) is -3.19. The van der Waals surface area contributed by atoms with Gasteiger partial charge < -0.3 is 25.5 Å². The number of aliphatic hydroxyl groups excluding tert-OH is 3. The average Bonchev–Trinajstić information content (AvgIpc) is 2.12. The van der Waals surface area contributed by atoms with Crippen LogP contribution in [-0.4, -0.2) is 61.6 Å². The molecule has 0 spiro atoms. The van der Waals surface area contributed by atoms with Crippen LogP contribution in [-0.2, 0) is 14.4 Å². The Morgan fingerprint density at radius 2 is 1.29 bits per heavy atom. The molecule has 0 aromatic heterocycles. The van der Waals surface area contributed by atoms with E-state index in [1.54, 1.807) is 0 Å². The van der Waals surface area contributed by atoms with Crippen molar-refractivity contribution in [1.29, 1.82) is 0 Å². The number of hydrogen-bond acceptors (Lipinski definition) is 6. The third-order valence-corrected chi connectivity index (χ3v) is 1.38. The summed E-state index contributed by atoms with van der Waals surface area (Å²) >= 11 is 0. The van der Waals surface area contributed by atoms with Gasteiger partial charge in [0.05, 0.1) is 0 Å². The van der Waals surface area contributed by atoms with Gasteiger partial charge in [-0.05, 0) is 0 Å². The summed E-state index contributed by atoms with van der Waals surface area (Å²) in [6.07, 6.45) is -7.28. The summed E-state index contributed by atoms with van der Waals surface area (Å²) in [5.41, 5.74) is 0. The zero-order valence-electron chi connectivity index (χ0n) is 6.69. The summed E-state index contributed by atoms with van der Waals surface area (Å²) in [5, 5.41) is 42.4. The molecule has 3 atom stereocenters. The Balaban J connectivity index is 4.54. The number of ketones is 1. The number of hydrogen-bond donors (Lipinski definition) is 5. The first kappa shape index (κ1) is 12.5. The first-order chi connectivity index (χ1) is 6.29. The molecule has 0 aliphatic heterocycles. The van der Waals surface area contributed by atoms with Gasteiger partial charge in [-0.15, -0.1) is 0 Å². The van der Waals surface area contributed by atoms with Crippen molar-refractivity contribution in [3.05, 3.63) is 0 Å². The van der Waals surface area contributed by atoms with E-state index in [4.69, 9.17) is 25.5 Å². The van der Waals surface area contributed by atoms with Crippen molar-refractivity contribution in [2.24, 2.45) is 0 Å². The molecule has 0 aromatic rings. The van der Waals surface area contributed by atoms with Crippen LogP contribution in [0.25, 0.3) is 0 Å².